The summed E-state index contributed by atoms with van der Waals surface area (Å²) in [6, 6.07) is 11.2. The highest BCUT2D eigenvalue weighted by Gasteiger charge is 2.60. The van der Waals surface area contributed by atoms with Gasteiger partial charge in [-0.2, -0.15) is 0 Å². The molecule has 42 heavy (non-hydrogen) atoms. The van der Waals surface area contributed by atoms with Crippen molar-refractivity contribution in [3.63, 3.8) is 0 Å². The van der Waals surface area contributed by atoms with Gasteiger partial charge in [0.2, 0.25) is 11.7 Å². The summed E-state index contributed by atoms with van der Waals surface area (Å²) < 4.78 is 0. The van der Waals surface area contributed by atoms with Gasteiger partial charge in [-0.15, -0.1) is 0 Å². The third kappa shape index (κ3) is 4.80. The van der Waals surface area contributed by atoms with Crippen LogP contribution in [0.15, 0.2) is 53.3 Å². The number of nitrogens with two attached hydrogens (primary N) is 1. The number of Topliss-reactive ketones (excluding diaryl/α,β-unsaturated/α-hetero) is 2. The molecule has 220 valence electrons. The van der Waals surface area contributed by atoms with Crippen molar-refractivity contribution in [2.75, 3.05) is 26.0 Å². The van der Waals surface area contributed by atoms with E-state index in [9.17, 15) is 34.5 Å². The minimum Gasteiger partial charge on any atom is -0.508 e. The topological polar surface area (TPSA) is 170 Å². The standard InChI is InChI=1S/C32H35N3O7/c1-16-9-10-21(17-6-4-7-20(13-17)34-24(37)8-5-11-35(2)3)22-14-18-12-19-15-23(36)27(31(33)41)30(40)32(19,42)29(39)26(18)28(38)25(16)22/h4,6-7,9-10,13,18-19,38,40,42H,5,8,11-12,14-15H2,1-3H3,(H2,33,41)(H,34,37)/t18-,19+,32+/m1/s1. The molecule has 6 N–H and O–H groups in total. The summed E-state index contributed by atoms with van der Waals surface area (Å²) in [6.45, 7) is 2.61. The molecule has 0 saturated heterocycles. The second-order valence-corrected chi connectivity index (χ2v) is 11.7. The zero-order valence-corrected chi connectivity index (χ0v) is 23.9. The van der Waals surface area contributed by atoms with Crippen LogP contribution in [0.3, 0.4) is 0 Å². The number of ketones is 2. The molecule has 2 aromatic rings. The van der Waals surface area contributed by atoms with Gasteiger partial charge in [-0.05, 0) is 87.1 Å². The van der Waals surface area contributed by atoms with Crippen molar-refractivity contribution in [1.29, 1.82) is 0 Å². The van der Waals surface area contributed by atoms with Crippen molar-refractivity contribution in [1.82, 2.24) is 4.90 Å². The molecule has 1 fully saturated rings. The van der Waals surface area contributed by atoms with Gasteiger partial charge in [-0.3, -0.25) is 19.2 Å². The molecule has 2 amide bonds. The third-order valence-electron chi connectivity index (χ3n) is 8.64. The average molecular weight is 574 g/mol. The van der Waals surface area contributed by atoms with Crippen LogP contribution in [0.5, 0.6) is 0 Å². The van der Waals surface area contributed by atoms with Gasteiger partial charge in [-0.1, -0.05) is 24.3 Å². The molecule has 0 spiro atoms. The molecule has 2 aromatic carbocycles. The number of aryl methyl sites for hydroxylation is 1. The summed E-state index contributed by atoms with van der Waals surface area (Å²) in [6.07, 6.45) is 1.25. The number of carbonyl (C=O) groups excluding carboxylic acids is 4. The van der Waals surface area contributed by atoms with Gasteiger partial charge in [-0.25, -0.2) is 0 Å². The Balaban J connectivity index is 1.53. The number of rotatable bonds is 7. The Hall–Kier alpha value is -4.28. The first-order valence-corrected chi connectivity index (χ1v) is 14.0. The predicted molar refractivity (Wildman–Crippen MR) is 156 cm³/mol. The normalized spacial score (nSPS) is 23.5. The fraction of sp³-hybridized carbons (Fsp3) is 0.375. The maximum absolute atomic E-state index is 13.8. The molecule has 0 bridgehead atoms. The summed E-state index contributed by atoms with van der Waals surface area (Å²) in [5.74, 6) is -5.83. The molecule has 0 unspecified atom stereocenters. The summed E-state index contributed by atoms with van der Waals surface area (Å²) in [5.41, 5.74) is 6.16. The number of primary amides is 1. The Morgan fingerprint density at radius 2 is 1.86 bits per heavy atom. The van der Waals surface area contributed by atoms with Crippen molar-refractivity contribution in [3.8, 4) is 11.1 Å². The van der Waals surface area contributed by atoms with E-state index in [4.69, 9.17) is 5.73 Å². The van der Waals surface area contributed by atoms with Crippen molar-refractivity contribution in [3.05, 3.63) is 70.0 Å². The van der Waals surface area contributed by atoms with Gasteiger partial charge >= 0.3 is 0 Å². The number of amides is 2. The number of aliphatic hydroxyl groups excluding tert-OH is 2. The number of hydrogen-bond acceptors (Lipinski definition) is 8. The molecule has 0 heterocycles. The van der Waals surface area contributed by atoms with Crippen molar-refractivity contribution >= 4 is 34.8 Å². The molecular weight excluding hydrogens is 538 g/mol. The van der Waals surface area contributed by atoms with E-state index in [-0.39, 0.29) is 30.1 Å². The zero-order chi connectivity index (χ0) is 30.5. The van der Waals surface area contributed by atoms with Crippen LogP contribution < -0.4 is 11.1 Å². The molecule has 0 radical (unpaired) electrons. The number of hydrogen-bond donors (Lipinski definition) is 5. The molecule has 0 aromatic heterocycles. The Labute approximate surface area is 243 Å². The maximum Gasteiger partial charge on any atom is 0.255 e. The van der Waals surface area contributed by atoms with Gasteiger partial charge in [0.1, 0.15) is 17.1 Å². The van der Waals surface area contributed by atoms with Crippen molar-refractivity contribution < 1.29 is 34.5 Å². The fourth-order valence-corrected chi connectivity index (χ4v) is 6.63. The largest absolute Gasteiger partial charge is 0.508 e. The Morgan fingerprint density at radius 3 is 2.55 bits per heavy atom. The number of nitrogens with one attached hydrogen (secondary N) is 1. The molecule has 5 rings (SSSR count). The third-order valence-corrected chi connectivity index (χ3v) is 8.64. The molecule has 3 atom stereocenters. The fourth-order valence-electron chi connectivity index (χ4n) is 6.63. The first-order valence-electron chi connectivity index (χ1n) is 14.0. The first-order chi connectivity index (χ1) is 19.8. The second-order valence-electron chi connectivity index (χ2n) is 11.7. The molecule has 3 aliphatic carbocycles. The van der Waals surface area contributed by atoms with Crippen LogP contribution >= 0.6 is 0 Å². The van der Waals surface area contributed by atoms with E-state index >= 15 is 0 Å². The number of nitrogens with zero attached hydrogens (tertiary/aromatic N) is 1. The monoisotopic (exact) mass is 573 g/mol. The maximum atomic E-state index is 13.8. The summed E-state index contributed by atoms with van der Waals surface area (Å²) in [7, 11) is 3.91. The van der Waals surface area contributed by atoms with Crippen molar-refractivity contribution in [2.24, 2.45) is 17.6 Å². The van der Waals surface area contributed by atoms with Gasteiger partial charge in [0.15, 0.2) is 11.4 Å². The first kappa shape index (κ1) is 29.2. The lowest BCUT2D eigenvalue weighted by Crippen LogP contribution is -2.58. The van der Waals surface area contributed by atoms with Crippen LogP contribution in [0.4, 0.5) is 5.69 Å². The minimum atomic E-state index is -2.53. The molecule has 3 aliphatic rings. The smallest absolute Gasteiger partial charge is 0.255 e. The van der Waals surface area contributed by atoms with Crippen LogP contribution in [0, 0.1) is 18.8 Å². The number of anilines is 1. The van der Waals surface area contributed by atoms with Crippen LogP contribution in [0.2, 0.25) is 0 Å². The van der Waals surface area contributed by atoms with E-state index in [2.05, 4.69) is 5.32 Å². The van der Waals surface area contributed by atoms with E-state index in [0.29, 0.717) is 29.7 Å². The molecule has 10 nitrogen and oxygen atoms in total. The summed E-state index contributed by atoms with van der Waals surface area (Å²) in [4.78, 5) is 52.8. The Bertz CT molecular complexity index is 1590. The number of benzene rings is 2. The highest BCUT2D eigenvalue weighted by atomic mass is 16.3. The highest BCUT2D eigenvalue weighted by Crippen LogP contribution is 2.52. The molecule has 1 saturated carbocycles. The second kappa shape index (κ2) is 10.8. The average Bonchev–Trinajstić information content (AvgIpc) is 2.90. The van der Waals surface area contributed by atoms with E-state index in [1.54, 1.807) is 6.92 Å². The predicted octanol–water partition coefficient (Wildman–Crippen LogP) is 2.97. The van der Waals surface area contributed by atoms with Gasteiger partial charge in [0.05, 0.1) is 0 Å². The van der Waals surface area contributed by atoms with Gasteiger partial charge in [0, 0.05) is 35.6 Å². The summed E-state index contributed by atoms with van der Waals surface area (Å²) in [5, 5.41) is 36.7. The van der Waals surface area contributed by atoms with Gasteiger partial charge in [0.25, 0.3) is 5.91 Å². The SMILES string of the molecule is Cc1ccc(-c2cccc(NC(=O)CCCN(C)C)c2)c2c1C(O)=C1C(=O)[C@]3(O)C(O)=C(C(N)=O)C(=O)C[C@@H]3C[C@@H]1C2. The molecular formula is C32H35N3O7. The Kier molecular flexibility index (Phi) is 7.55. The zero-order valence-electron chi connectivity index (χ0n) is 23.9. The quantitative estimate of drug-likeness (QED) is 0.315. The molecule has 0 aliphatic heterocycles. The summed E-state index contributed by atoms with van der Waals surface area (Å²) >= 11 is 0. The van der Waals surface area contributed by atoms with E-state index < -0.39 is 46.2 Å². The van der Waals surface area contributed by atoms with Gasteiger partial charge < -0.3 is 31.3 Å². The van der Waals surface area contributed by atoms with E-state index in [1.807, 2.05) is 55.4 Å². The van der Waals surface area contributed by atoms with Crippen LogP contribution in [0.1, 0.15) is 42.4 Å². The molecule has 10 heteroatoms. The van der Waals surface area contributed by atoms with E-state index in [1.165, 1.54) is 0 Å². The van der Waals surface area contributed by atoms with Crippen LogP contribution in [-0.2, 0) is 25.6 Å². The number of fused-ring (bicyclic) bond motifs is 3. The lowest BCUT2D eigenvalue weighted by Gasteiger charge is -2.46. The number of carbonyl (C=O) groups is 4. The van der Waals surface area contributed by atoms with Crippen molar-refractivity contribution in [2.45, 2.75) is 44.6 Å². The van der Waals surface area contributed by atoms with E-state index in [0.717, 1.165) is 29.7 Å². The van der Waals surface area contributed by atoms with Crippen LogP contribution in [-0.4, -0.2) is 69.8 Å². The Morgan fingerprint density at radius 1 is 1.12 bits per heavy atom. The lowest BCUT2D eigenvalue weighted by atomic mass is 9.59. The number of aliphatic hydroxyl groups is 3. The lowest BCUT2D eigenvalue weighted by molar-refractivity contribution is -0.147. The highest BCUT2D eigenvalue weighted by molar-refractivity contribution is 6.22. The van der Waals surface area contributed by atoms with Crippen LogP contribution in [0.25, 0.3) is 16.9 Å². The minimum absolute atomic E-state index is 0.0371.